The van der Waals surface area contributed by atoms with E-state index >= 15 is 0 Å². The summed E-state index contributed by atoms with van der Waals surface area (Å²) < 4.78 is 0. The Hall–Kier alpha value is -3.27. The molecule has 0 atom stereocenters. The molecule has 1 aromatic carbocycles. The van der Waals surface area contributed by atoms with E-state index in [1.54, 1.807) is 12.1 Å². The first-order chi connectivity index (χ1) is 13.4. The van der Waals surface area contributed by atoms with E-state index in [1.807, 2.05) is 4.90 Å². The monoisotopic (exact) mass is 404 g/mol. The molecule has 2 amide bonds. The SMILES string of the molecule is O=C(NNC(=O)C1CCN(c2ccc(Cl)nn2)CC1)c1cccc([N+](=O)[O-])c1. The molecule has 1 fully saturated rings. The molecule has 2 N–H and O–H groups in total. The molecule has 10 nitrogen and oxygen atoms in total. The summed E-state index contributed by atoms with van der Waals surface area (Å²) in [6.45, 7) is 1.24. The van der Waals surface area contributed by atoms with Crippen molar-refractivity contribution in [2.45, 2.75) is 12.8 Å². The number of hydrogen-bond donors (Lipinski definition) is 2. The van der Waals surface area contributed by atoms with Gasteiger partial charge < -0.3 is 4.90 Å². The van der Waals surface area contributed by atoms with Gasteiger partial charge in [0, 0.05) is 36.7 Å². The summed E-state index contributed by atoms with van der Waals surface area (Å²) in [6, 6.07) is 8.70. The van der Waals surface area contributed by atoms with E-state index in [1.165, 1.54) is 18.2 Å². The van der Waals surface area contributed by atoms with Gasteiger partial charge in [-0.25, -0.2) is 0 Å². The van der Waals surface area contributed by atoms with Gasteiger partial charge >= 0.3 is 0 Å². The molecule has 0 unspecified atom stereocenters. The van der Waals surface area contributed by atoms with Gasteiger partial charge in [0.05, 0.1) is 4.92 Å². The molecular formula is C17H17ClN6O4. The lowest BCUT2D eigenvalue weighted by Crippen LogP contribution is -2.47. The van der Waals surface area contributed by atoms with Crippen molar-refractivity contribution in [3.8, 4) is 0 Å². The van der Waals surface area contributed by atoms with Crippen LogP contribution in [0, 0.1) is 16.0 Å². The minimum atomic E-state index is -0.620. The van der Waals surface area contributed by atoms with Crippen LogP contribution >= 0.6 is 11.6 Å². The van der Waals surface area contributed by atoms with E-state index in [-0.39, 0.29) is 23.1 Å². The first-order valence-electron chi connectivity index (χ1n) is 8.53. The fraction of sp³-hybridized carbons (Fsp3) is 0.294. The minimum Gasteiger partial charge on any atom is -0.355 e. The first-order valence-corrected chi connectivity index (χ1v) is 8.90. The Labute approximate surface area is 165 Å². The predicted octanol–water partition coefficient (Wildman–Crippen LogP) is 1.72. The third kappa shape index (κ3) is 4.71. The number of nitrogens with one attached hydrogen (secondary N) is 2. The van der Waals surface area contributed by atoms with Gasteiger partial charge in [-0.15, -0.1) is 10.2 Å². The molecule has 1 saturated heterocycles. The van der Waals surface area contributed by atoms with Crippen LogP contribution in [0.25, 0.3) is 0 Å². The molecule has 0 spiro atoms. The van der Waals surface area contributed by atoms with Crippen LogP contribution in [-0.2, 0) is 4.79 Å². The van der Waals surface area contributed by atoms with Crippen LogP contribution in [-0.4, -0.2) is 40.0 Å². The molecule has 1 aliphatic rings. The lowest BCUT2D eigenvalue weighted by Gasteiger charge is -2.31. The highest BCUT2D eigenvalue weighted by molar-refractivity contribution is 6.29. The van der Waals surface area contributed by atoms with E-state index < -0.39 is 10.8 Å². The lowest BCUT2D eigenvalue weighted by molar-refractivity contribution is -0.384. The normalized spacial score (nSPS) is 14.4. The van der Waals surface area contributed by atoms with Crippen molar-refractivity contribution < 1.29 is 14.5 Å². The third-order valence-electron chi connectivity index (χ3n) is 4.43. The fourth-order valence-electron chi connectivity index (χ4n) is 2.90. The minimum absolute atomic E-state index is 0.0885. The second kappa shape index (κ2) is 8.61. The lowest BCUT2D eigenvalue weighted by atomic mass is 9.96. The number of amides is 2. The Morgan fingerprint density at radius 2 is 1.89 bits per heavy atom. The predicted molar refractivity (Wildman–Crippen MR) is 101 cm³/mol. The quantitative estimate of drug-likeness (QED) is 0.585. The molecule has 2 heterocycles. The number of nitrogens with zero attached hydrogens (tertiary/aromatic N) is 4. The van der Waals surface area contributed by atoms with E-state index in [0.717, 1.165) is 6.07 Å². The van der Waals surface area contributed by atoms with Crippen molar-refractivity contribution in [3.63, 3.8) is 0 Å². The van der Waals surface area contributed by atoms with Crippen LogP contribution in [0.1, 0.15) is 23.2 Å². The fourth-order valence-corrected chi connectivity index (χ4v) is 3.00. The number of carbonyl (C=O) groups is 2. The summed E-state index contributed by atoms with van der Waals surface area (Å²) >= 11 is 5.73. The number of aromatic nitrogens is 2. The Balaban J connectivity index is 1.49. The number of piperidine rings is 1. The van der Waals surface area contributed by atoms with Crippen molar-refractivity contribution in [1.29, 1.82) is 0 Å². The molecule has 11 heteroatoms. The highest BCUT2D eigenvalue weighted by Crippen LogP contribution is 2.22. The number of hydrogen-bond acceptors (Lipinski definition) is 7. The van der Waals surface area contributed by atoms with E-state index in [4.69, 9.17) is 11.6 Å². The molecule has 1 aliphatic heterocycles. The molecule has 146 valence electrons. The van der Waals surface area contributed by atoms with Gasteiger partial charge in [-0.2, -0.15) is 0 Å². The van der Waals surface area contributed by atoms with Gasteiger partial charge in [-0.05, 0) is 31.0 Å². The van der Waals surface area contributed by atoms with Crippen LogP contribution in [0.2, 0.25) is 5.15 Å². The van der Waals surface area contributed by atoms with Crippen molar-refractivity contribution in [1.82, 2.24) is 21.0 Å². The smallest absolute Gasteiger partial charge is 0.270 e. The van der Waals surface area contributed by atoms with Gasteiger partial charge in [0.15, 0.2) is 11.0 Å². The molecule has 0 radical (unpaired) electrons. The van der Waals surface area contributed by atoms with Crippen molar-refractivity contribution in [2.75, 3.05) is 18.0 Å². The van der Waals surface area contributed by atoms with Gasteiger partial charge in [0.1, 0.15) is 0 Å². The van der Waals surface area contributed by atoms with Crippen LogP contribution in [0.15, 0.2) is 36.4 Å². The highest BCUT2D eigenvalue weighted by atomic mass is 35.5. The topological polar surface area (TPSA) is 130 Å². The van der Waals surface area contributed by atoms with Gasteiger partial charge in [0.2, 0.25) is 5.91 Å². The van der Waals surface area contributed by atoms with Crippen LogP contribution in [0.5, 0.6) is 0 Å². The third-order valence-corrected chi connectivity index (χ3v) is 4.63. The largest absolute Gasteiger partial charge is 0.355 e. The number of nitro benzene ring substituents is 1. The number of benzene rings is 1. The highest BCUT2D eigenvalue weighted by Gasteiger charge is 2.26. The van der Waals surface area contributed by atoms with Gasteiger partial charge in [0.25, 0.3) is 11.6 Å². The van der Waals surface area contributed by atoms with Gasteiger partial charge in [-0.3, -0.25) is 30.6 Å². The number of carbonyl (C=O) groups excluding carboxylic acids is 2. The zero-order chi connectivity index (χ0) is 20.1. The second-order valence-electron chi connectivity index (χ2n) is 6.23. The average molecular weight is 405 g/mol. The number of nitro groups is 1. The number of halogens is 1. The Morgan fingerprint density at radius 3 is 2.54 bits per heavy atom. The Bertz CT molecular complexity index is 883. The molecular weight excluding hydrogens is 388 g/mol. The van der Waals surface area contributed by atoms with E-state index in [0.29, 0.717) is 36.9 Å². The second-order valence-corrected chi connectivity index (χ2v) is 6.61. The molecule has 0 bridgehead atoms. The molecule has 0 saturated carbocycles. The summed E-state index contributed by atoms with van der Waals surface area (Å²) in [5.41, 5.74) is 4.58. The standard InChI is InChI=1S/C17H17ClN6O4/c18-14-4-5-15(20-19-14)23-8-6-11(7-9-23)16(25)21-22-17(26)12-2-1-3-13(10-12)24(27)28/h1-5,10-11H,6-9H2,(H,21,25)(H,22,26). The summed E-state index contributed by atoms with van der Waals surface area (Å²) in [5, 5.41) is 18.9. The zero-order valence-corrected chi connectivity index (χ0v) is 15.4. The van der Waals surface area contributed by atoms with Gasteiger partial charge in [-0.1, -0.05) is 17.7 Å². The zero-order valence-electron chi connectivity index (χ0n) is 14.7. The maximum Gasteiger partial charge on any atom is 0.270 e. The van der Waals surface area contributed by atoms with E-state index in [2.05, 4.69) is 21.0 Å². The molecule has 2 aromatic rings. The van der Waals surface area contributed by atoms with Crippen LogP contribution < -0.4 is 15.8 Å². The number of rotatable bonds is 4. The number of hydrazine groups is 1. The van der Waals surface area contributed by atoms with Crippen molar-refractivity contribution >= 4 is 34.9 Å². The van der Waals surface area contributed by atoms with Crippen LogP contribution in [0.4, 0.5) is 11.5 Å². The summed E-state index contributed by atoms with van der Waals surface area (Å²) in [6.07, 6.45) is 1.17. The maximum absolute atomic E-state index is 12.3. The first kappa shape index (κ1) is 19.5. The average Bonchev–Trinajstić information content (AvgIpc) is 2.72. The van der Waals surface area contributed by atoms with Crippen molar-refractivity contribution in [2.24, 2.45) is 5.92 Å². The number of non-ortho nitro benzene ring substituents is 1. The number of anilines is 1. The summed E-state index contributed by atoms with van der Waals surface area (Å²) in [7, 11) is 0. The summed E-state index contributed by atoms with van der Waals surface area (Å²) in [5.74, 6) is -0.490. The molecule has 0 aliphatic carbocycles. The Kier molecular flexibility index (Phi) is 5.99. The van der Waals surface area contributed by atoms with E-state index in [9.17, 15) is 19.7 Å². The van der Waals surface area contributed by atoms with Crippen LogP contribution in [0.3, 0.4) is 0 Å². The molecule has 28 heavy (non-hydrogen) atoms. The molecule has 3 rings (SSSR count). The van der Waals surface area contributed by atoms with Crippen molar-refractivity contribution in [3.05, 3.63) is 57.2 Å². The maximum atomic E-state index is 12.3. The Morgan fingerprint density at radius 1 is 1.14 bits per heavy atom. The summed E-state index contributed by atoms with van der Waals surface area (Å²) in [4.78, 5) is 36.6. The molecule has 1 aromatic heterocycles.